The first-order valence-electron chi connectivity index (χ1n) is 7.26. The van der Waals surface area contributed by atoms with Crippen molar-refractivity contribution < 1.29 is 4.79 Å². The Labute approximate surface area is 130 Å². The molecule has 0 atom stereocenters. The highest BCUT2D eigenvalue weighted by Crippen LogP contribution is 2.20. The Hall–Kier alpha value is -2.87. The lowest BCUT2D eigenvalue weighted by molar-refractivity contribution is -0.114. The molecule has 0 aliphatic heterocycles. The fourth-order valence-electron chi connectivity index (χ4n) is 2.44. The Morgan fingerprint density at radius 1 is 0.864 bits per heavy atom. The third kappa shape index (κ3) is 3.23. The van der Waals surface area contributed by atoms with E-state index >= 15 is 0 Å². The van der Waals surface area contributed by atoms with Crippen molar-refractivity contribution in [2.24, 2.45) is 0 Å². The van der Waals surface area contributed by atoms with E-state index in [0.29, 0.717) is 0 Å². The second kappa shape index (κ2) is 6.27. The first-order chi connectivity index (χ1) is 10.7. The predicted octanol–water partition coefficient (Wildman–Crippen LogP) is 4.97. The van der Waals surface area contributed by atoms with E-state index < -0.39 is 0 Å². The predicted molar refractivity (Wildman–Crippen MR) is 93.6 cm³/mol. The molecule has 0 aliphatic carbocycles. The Kier molecular flexibility index (Phi) is 4.01. The summed E-state index contributed by atoms with van der Waals surface area (Å²) in [5, 5.41) is 5.31. The van der Waals surface area contributed by atoms with Gasteiger partial charge in [-0.25, -0.2) is 0 Å². The van der Waals surface area contributed by atoms with Gasteiger partial charge in [-0.2, -0.15) is 0 Å². The number of anilines is 1. The summed E-state index contributed by atoms with van der Waals surface area (Å²) in [4.78, 5) is 11.3. The summed E-state index contributed by atoms with van der Waals surface area (Å²) < 4.78 is 0. The molecule has 22 heavy (non-hydrogen) atoms. The van der Waals surface area contributed by atoms with Gasteiger partial charge in [-0.15, -0.1) is 0 Å². The maximum absolute atomic E-state index is 11.3. The van der Waals surface area contributed by atoms with Crippen molar-refractivity contribution in [3.63, 3.8) is 0 Å². The molecule has 0 unspecified atom stereocenters. The normalized spacial score (nSPS) is 11.0. The van der Waals surface area contributed by atoms with Crippen LogP contribution in [0.25, 0.3) is 22.9 Å². The fraction of sp³-hybridized carbons (Fsp3) is 0.0500. The van der Waals surface area contributed by atoms with Gasteiger partial charge in [0.15, 0.2) is 0 Å². The molecule has 0 saturated carbocycles. The number of para-hydroxylation sites is 1. The zero-order valence-corrected chi connectivity index (χ0v) is 12.4. The number of carbonyl (C=O) groups excluding carboxylic acids is 1. The average molecular weight is 287 g/mol. The van der Waals surface area contributed by atoms with Gasteiger partial charge in [0.05, 0.1) is 0 Å². The van der Waals surface area contributed by atoms with Gasteiger partial charge in [-0.1, -0.05) is 66.7 Å². The van der Waals surface area contributed by atoms with Crippen LogP contribution in [0, 0.1) is 0 Å². The Balaban J connectivity index is 1.91. The maximum Gasteiger partial charge on any atom is 0.221 e. The van der Waals surface area contributed by atoms with Crippen LogP contribution >= 0.6 is 0 Å². The smallest absolute Gasteiger partial charge is 0.221 e. The van der Waals surface area contributed by atoms with Crippen molar-refractivity contribution in [2.45, 2.75) is 6.92 Å². The summed E-state index contributed by atoms with van der Waals surface area (Å²) >= 11 is 0. The highest BCUT2D eigenvalue weighted by atomic mass is 16.1. The first-order valence-corrected chi connectivity index (χ1v) is 7.26. The topological polar surface area (TPSA) is 29.1 Å². The summed E-state index contributed by atoms with van der Waals surface area (Å²) in [7, 11) is 0. The summed E-state index contributed by atoms with van der Waals surface area (Å²) in [5.74, 6) is -0.0634. The van der Waals surface area contributed by atoms with Crippen LogP contribution in [0.2, 0.25) is 0 Å². The van der Waals surface area contributed by atoms with Gasteiger partial charge in [0.25, 0.3) is 0 Å². The van der Waals surface area contributed by atoms with Gasteiger partial charge in [-0.3, -0.25) is 4.79 Å². The number of amides is 1. The third-order valence-corrected chi connectivity index (χ3v) is 3.50. The molecular weight excluding hydrogens is 270 g/mol. The Bertz CT molecular complexity index is 849. The number of carbonyl (C=O) groups is 1. The van der Waals surface area contributed by atoms with Gasteiger partial charge >= 0.3 is 0 Å². The van der Waals surface area contributed by atoms with Crippen LogP contribution in [0.1, 0.15) is 18.1 Å². The van der Waals surface area contributed by atoms with Crippen molar-refractivity contribution in [3.8, 4) is 0 Å². The second-order valence-electron chi connectivity index (χ2n) is 5.21. The van der Waals surface area contributed by atoms with Gasteiger partial charge in [0, 0.05) is 12.6 Å². The lowest BCUT2D eigenvalue weighted by Gasteiger charge is -2.06. The van der Waals surface area contributed by atoms with Gasteiger partial charge in [-0.05, 0) is 34.0 Å². The van der Waals surface area contributed by atoms with Crippen LogP contribution in [0.5, 0.6) is 0 Å². The quantitative estimate of drug-likeness (QED) is 0.677. The van der Waals surface area contributed by atoms with Gasteiger partial charge in [0.2, 0.25) is 5.91 Å². The molecule has 2 heteroatoms. The Morgan fingerprint density at radius 3 is 2.41 bits per heavy atom. The molecule has 3 aromatic carbocycles. The molecule has 0 aliphatic rings. The number of fused-ring (bicyclic) bond motifs is 1. The van der Waals surface area contributed by atoms with Crippen LogP contribution in [-0.4, -0.2) is 5.91 Å². The van der Waals surface area contributed by atoms with Crippen LogP contribution in [0.4, 0.5) is 5.69 Å². The zero-order chi connectivity index (χ0) is 15.4. The average Bonchev–Trinajstić information content (AvgIpc) is 2.53. The minimum absolute atomic E-state index is 0.0634. The highest BCUT2D eigenvalue weighted by Gasteiger charge is 2.00. The van der Waals surface area contributed by atoms with E-state index in [9.17, 15) is 4.79 Å². The fourth-order valence-corrected chi connectivity index (χ4v) is 2.44. The second-order valence-corrected chi connectivity index (χ2v) is 5.21. The SMILES string of the molecule is CC(=O)Nc1ccccc1/C=C/c1ccc2ccccc2c1. The summed E-state index contributed by atoms with van der Waals surface area (Å²) in [6, 6.07) is 22.5. The van der Waals surface area contributed by atoms with Crippen molar-refractivity contribution in [1.82, 2.24) is 0 Å². The van der Waals surface area contributed by atoms with Crippen LogP contribution in [-0.2, 0) is 4.79 Å². The molecule has 3 rings (SSSR count). The van der Waals surface area contributed by atoms with E-state index in [0.717, 1.165) is 16.8 Å². The number of rotatable bonds is 3. The minimum Gasteiger partial charge on any atom is -0.326 e. The molecule has 1 amide bonds. The van der Waals surface area contributed by atoms with E-state index in [2.05, 4.69) is 41.7 Å². The lowest BCUT2D eigenvalue weighted by atomic mass is 10.1. The Morgan fingerprint density at radius 2 is 1.59 bits per heavy atom. The van der Waals surface area contributed by atoms with Crippen LogP contribution in [0.3, 0.4) is 0 Å². The van der Waals surface area contributed by atoms with Crippen molar-refractivity contribution in [3.05, 3.63) is 77.9 Å². The molecule has 0 heterocycles. The molecule has 1 N–H and O–H groups in total. The van der Waals surface area contributed by atoms with Crippen LogP contribution < -0.4 is 5.32 Å². The number of benzene rings is 3. The molecule has 0 fully saturated rings. The number of nitrogens with one attached hydrogen (secondary N) is 1. The largest absolute Gasteiger partial charge is 0.326 e. The summed E-state index contributed by atoms with van der Waals surface area (Å²) in [6.45, 7) is 1.52. The maximum atomic E-state index is 11.3. The van der Waals surface area contributed by atoms with E-state index in [-0.39, 0.29) is 5.91 Å². The third-order valence-electron chi connectivity index (χ3n) is 3.50. The van der Waals surface area contributed by atoms with Gasteiger partial charge in [0.1, 0.15) is 0 Å². The van der Waals surface area contributed by atoms with Crippen LogP contribution in [0.15, 0.2) is 66.7 Å². The molecule has 2 nitrogen and oxygen atoms in total. The lowest BCUT2D eigenvalue weighted by Crippen LogP contribution is -2.06. The highest BCUT2D eigenvalue weighted by molar-refractivity contribution is 5.92. The molecule has 0 saturated heterocycles. The monoisotopic (exact) mass is 287 g/mol. The standard InChI is InChI=1S/C20H17NO/c1-15(22)21-20-9-5-4-7-18(20)13-11-16-10-12-17-6-2-3-8-19(17)14-16/h2-14H,1H3,(H,21,22)/b13-11+. The summed E-state index contributed by atoms with van der Waals surface area (Å²) in [5.41, 5.74) is 2.95. The van der Waals surface area contributed by atoms with E-state index in [1.165, 1.54) is 17.7 Å². The molecular formula is C20H17NO. The molecule has 0 spiro atoms. The number of hydrogen-bond donors (Lipinski definition) is 1. The van der Waals surface area contributed by atoms with Gasteiger partial charge < -0.3 is 5.32 Å². The molecule has 0 aromatic heterocycles. The molecule has 3 aromatic rings. The minimum atomic E-state index is -0.0634. The first kappa shape index (κ1) is 14.1. The van der Waals surface area contributed by atoms with E-state index in [1.54, 1.807) is 0 Å². The van der Waals surface area contributed by atoms with Crippen molar-refractivity contribution >= 4 is 34.5 Å². The van der Waals surface area contributed by atoms with Crippen molar-refractivity contribution in [1.29, 1.82) is 0 Å². The van der Waals surface area contributed by atoms with E-state index in [1.807, 2.05) is 42.5 Å². The molecule has 108 valence electrons. The van der Waals surface area contributed by atoms with E-state index in [4.69, 9.17) is 0 Å². The summed E-state index contributed by atoms with van der Waals surface area (Å²) in [6.07, 6.45) is 4.09. The van der Waals surface area contributed by atoms with Crippen molar-refractivity contribution in [2.75, 3.05) is 5.32 Å². The number of hydrogen-bond acceptors (Lipinski definition) is 1. The molecule has 0 radical (unpaired) electrons. The molecule has 0 bridgehead atoms. The zero-order valence-electron chi connectivity index (χ0n) is 12.4.